The predicted octanol–water partition coefficient (Wildman–Crippen LogP) is 5.16. The number of aromatic nitrogens is 1. The maximum absolute atomic E-state index is 12.6. The Labute approximate surface area is 205 Å². The molecule has 1 aliphatic rings. The molecular formula is C28H30N2O5. The lowest BCUT2D eigenvalue weighted by molar-refractivity contribution is 0.0696. The fourth-order valence-corrected chi connectivity index (χ4v) is 4.00. The minimum absolute atomic E-state index is 0.235. The second kappa shape index (κ2) is 11.5. The van der Waals surface area contributed by atoms with Crippen LogP contribution in [0.3, 0.4) is 0 Å². The van der Waals surface area contributed by atoms with E-state index in [4.69, 9.17) is 14.6 Å². The van der Waals surface area contributed by atoms with Gasteiger partial charge in [0.15, 0.2) is 0 Å². The molecule has 35 heavy (non-hydrogen) atoms. The standard InChI is InChI=1S/C28H30N2O5/c1-20-2-8-24(29-18-20)9-3-21-4-10-26(11-5-21)35-28(33)30-16-14-22(15-17-30)19-34-25-12-6-23(7-13-25)27(31)32/h2,4-8,10-13,18,22H,3,9,14-17,19H2,1H3,(H,31,32). The van der Waals surface area contributed by atoms with Gasteiger partial charge in [0.25, 0.3) is 0 Å². The first-order chi connectivity index (χ1) is 17.0. The van der Waals surface area contributed by atoms with Gasteiger partial charge in [0, 0.05) is 25.0 Å². The summed E-state index contributed by atoms with van der Waals surface area (Å²) in [6, 6.07) is 18.2. The van der Waals surface area contributed by atoms with E-state index in [1.165, 1.54) is 17.7 Å². The van der Waals surface area contributed by atoms with Gasteiger partial charge in [-0.15, -0.1) is 0 Å². The van der Waals surface area contributed by atoms with Crippen LogP contribution in [0.5, 0.6) is 11.5 Å². The fraction of sp³-hybridized carbons (Fsp3) is 0.321. The summed E-state index contributed by atoms with van der Waals surface area (Å²) in [6.07, 6.45) is 4.96. The fourth-order valence-electron chi connectivity index (χ4n) is 4.00. The molecule has 2 heterocycles. The molecule has 1 amide bonds. The van der Waals surface area contributed by atoms with Crippen molar-refractivity contribution in [3.63, 3.8) is 0 Å². The largest absolute Gasteiger partial charge is 0.493 e. The molecule has 0 radical (unpaired) electrons. The summed E-state index contributed by atoms with van der Waals surface area (Å²) in [7, 11) is 0. The highest BCUT2D eigenvalue weighted by molar-refractivity contribution is 5.87. The number of aryl methyl sites for hydroxylation is 3. The van der Waals surface area contributed by atoms with Crippen LogP contribution in [0, 0.1) is 12.8 Å². The van der Waals surface area contributed by atoms with Crippen LogP contribution >= 0.6 is 0 Å². The maximum atomic E-state index is 12.6. The Morgan fingerprint density at radius 1 is 0.943 bits per heavy atom. The molecule has 0 aliphatic carbocycles. The molecule has 2 aromatic carbocycles. The van der Waals surface area contributed by atoms with Gasteiger partial charge in [0.2, 0.25) is 0 Å². The number of aromatic carboxylic acids is 1. The van der Waals surface area contributed by atoms with Crippen LogP contribution in [0.2, 0.25) is 0 Å². The van der Waals surface area contributed by atoms with E-state index in [1.54, 1.807) is 17.0 Å². The van der Waals surface area contributed by atoms with Gasteiger partial charge in [-0.25, -0.2) is 9.59 Å². The Kier molecular flexibility index (Phi) is 7.98. The summed E-state index contributed by atoms with van der Waals surface area (Å²) >= 11 is 0. The van der Waals surface area contributed by atoms with E-state index in [-0.39, 0.29) is 11.7 Å². The summed E-state index contributed by atoms with van der Waals surface area (Å²) in [5.41, 5.74) is 3.63. The molecule has 0 saturated carbocycles. The molecule has 0 spiro atoms. The number of carboxylic acid groups (broad SMARTS) is 1. The summed E-state index contributed by atoms with van der Waals surface area (Å²) in [5.74, 6) is 0.570. The molecule has 7 nitrogen and oxygen atoms in total. The van der Waals surface area contributed by atoms with Crippen molar-refractivity contribution < 1.29 is 24.2 Å². The van der Waals surface area contributed by atoms with E-state index in [0.717, 1.165) is 36.9 Å². The van der Waals surface area contributed by atoms with Crippen LogP contribution in [0.15, 0.2) is 66.9 Å². The van der Waals surface area contributed by atoms with Gasteiger partial charge in [-0.2, -0.15) is 0 Å². The molecule has 7 heteroatoms. The molecule has 1 fully saturated rings. The van der Waals surface area contributed by atoms with Gasteiger partial charge in [0.1, 0.15) is 11.5 Å². The number of ether oxygens (including phenoxy) is 2. The molecule has 1 aromatic heterocycles. The molecule has 0 bridgehead atoms. The molecule has 0 atom stereocenters. The molecular weight excluding hydrogens is 444 g/mol. The van der Waals surface area contributed by atoms with Gasteiger partial charge in [0.05, 0.1) is 12.2 Å². The van der Waals surface area contributed by atoms with Gasteiger partial charge < -0.3 is 19.5 Å². The zero-order chi connectivity index (χ0) is 24.6. The van der Waals surface area contributed by atoms with Crippen molar-refractivity contribution in [2.75, 3.05) is 19.7 Å². The Balaban J connectivity index is 1.18. The average molecular weight is 475 g/mol. The van der Waals surface area contributed by atoms with Crippen LogP contribution in [0.25, 0.3) is 0 Å². The van der Waals surface area contributed by atoms with Crippen LogP contribution in [0.4, 0.5) is 4.79 Å². The highest BCUT2D eigenvalue weighted by Gasteiger charge is 2.24. The van der Waals surface area contributed by atoms with Crippen molar-refractivity contribution in [2.24, 2.45) is 5.92 Å². The Morgan fingerprint density at radius 2 is 1.63 bits per heavy atom. The number of hydrogen-bond acceptors (Lipinski definition) is 5. The summed E-state index contributed by atoms with van der Waals surface area (Å²) in [5, 5.41) is 8.97. The number of carboxylic acids is 1. The summed E-state index contributed by atoms with van der Waals surface area (Å²) < 4.78 is 11.4. The van der Waals surface area contributed by atoms with E-state index in [1.807, 2.05) is 37.4 Å². The minimum atomic E-state index is -0.956. The smallest absolute Gasteiger partial charge is 0.415 e. The van der Waals surface area contributed by atoms with Crippen molar-refractivity contribution in [2.45, 2.75) is 32.6 Å². The van der Waals surface area contributed by atoms with E-state index >= 15 is 0 Å². The highest BCUT2D eigenvalue weighted by atomic mass is 16.6. The monoisotopic (exact) mass is 474 g/mol. The number of likely N-dealkylation sites (tertiary alicyclic amines) is 1. The van der Waals surface area contributed by atoms with Crippen molar-refractivity contribution in [1.82, 2.24) is 9.88 Å². The number of carbonyl (C=O) groups excluding carboxylic acids is 1. The van der Waals surface area contributed by atoms with Gasteiger partial charge in [-0.05, 0) is 92.1 Å². The number of carbonyl (C=O) groups is 2. The quantitative estimate of drug-likeness (QED) is 0.485. The Bertz CT molecular complexity index is 1120. The van der Waals surface area contributed by atoms with E-state index in [2.05, 4.69) is 17.1 Å². The third-order valence-corrected chi connectivity index (χ3v) is 6.23. The van der Waals surface area contributed by atoms with E-state index in [0.29, 0.717) is 37.1 Å². The molecule has 4 rings (SSSR count). The van der Waals surface area contributed by atoms with Crippen molar-refractivity contribution in [3.05, 3.63) is 89.2 Å². The molecule has 182 valence electrons. The van der Waals surface area contributed by atoms with Crippen LogP contribution in [-0.4, -0.2) is 46.7 Å². The second-order valence-corrected chi connectivity index (χ2v) is 8.91. The Morgan fingerprint density at radius 3 is 2.26 bits per heavy atom. The number of nitrogens with zero attached hydrogens (tertiary/aromatic N) is 2. The van der Waals surface area contributed by atoms with Crippen molar-refractivity contribution in [1.29, 1.82) is 0 Å². The third kappa shape index (κ3) is 7.06. The van der Waals surface area contributed by atoms with Crippen molar-refractivity contribution in [3.8, 4) is 11.5 Å². The molecule has 1 N–H and O–H groups in total. The molecule has 0 unspecified atom stereocenters. The number of benzene rings is 2. The molecule has 1 saturated heterocycles. The number of hydrogen-bond donors (Lipinski definition) is 1. The lowest BCUT2D eigenvalue weighted by Crippen LogP contribution is -2.41. The normalized spacial score (nSPS) is 13.9. The molecule has 3 aromatic rings. The average Bonchev–Trinajstić information content (AvgIpc) is 2.88. The van der Waals surface area contributed by atoms with Gasteiger partial charge in [-0.1, -0.05) is 18.2 Å². The zero-order valence-corrected chi connectivity index (χ0v) is 19.9. The lowest BCUT2D eigenvalue weighted by atomic mass is 9.98. The SMILES string of the molecule is Cc1ccc(CCc2ccc(OC(=O)N3CCC(COc4ccc(C(=O)O)cc4)CC3)cc2)nc1. The first-order valence-electron chi connectivity index (χ1n) is 11.9. The van der Waals surface area contributed by atoms with Gasteiger partial charge in [-0.3, -0.25) is 4.98 Å². The van der Waals surface area contributed by atoms with E-state index in [9.17, 15) is 9.59 Å². The number of piperidine rings is 1. The third-order valence-electron chi connectivity index (χ3n) is 6.23. The van der Waals surface area contributed by atoms with E-state index < -0.39 is 5.97 Å². The molecule has 1 aliphatic heterocycles. The second-order valence-electron chi connectivity index (χ2n) is 8.91. The van der Waals surface area contributed by atoms with Gasteiger partial charge >= 0.3 is 12.1 Å². The van der Waals surface area contributed by atoms with Crippen molar-refractivity contribution >= 4 is 12.1 Å². The predicted molar refractivity (Wildman–Crippen MR) is 132 cm³/mol. The van der Waals surface area contributed by atoms with Crippen LogP contribution in [0.1, 0.15) is 40.0 Å². The first-order valence-corrected chi connectivity index (χ1v) is 11.9. The van der Waals surface area contributed by atoms with Crippen LogP contribution < -0.4 is 9.47 Å². The topological polar surface area (TPSA) is 89.0 Å². The number of pyridine rings is 1. The first kappa shape index (κ1) is 24.3. The Hall–Kier alpha value is -3.87. The number of rotatable bonds is 8. The highest BCUT2D eigenvalue weighted by Crippen LogP contribution is 2.22. The zero-order valence-electron chi connectivity index (χ0n) is 19.9. The summed E-state index contributed by atoms with van der Waals surface area (Å²) in [6.45, 7) is 3.80. The van der Waals surface area contributed by atoms with Crippen LogP contribution in [-0.2, 0) is 12.8 Å². The summed E-state index contributed by atoms with van der Waals surface area (Å²) in [4.78, 5) is 29.7. The maximum Gasteiger partial charge on any atom is 0.415 e. The lowest BCUT2D eigenvalue weighted by Gasteiger charge is -2.31. The minimum Gasteiger partial charge on any atom is -0.493 e. The number of amides is 1.